The van der Waals surface area contributed by atoms with Gasteiger partial charge in [0.2, 0.25) is 5.91 Å². The van der Waals surface area contributed by atoms with E-state index in [1.54, 1.807) is 0 Å². The van der Waals surface area contributed by atoms with Crippen molar-refractivity contribution >= 4 is 16.7 Å². The number of nitrogens with one attached hydrogen (secondary N) is 1. The standard InChI is InChI=1S/C26H38N4O/c1-28(2)14-11-27-26(31)25-16-22(18-29-12-5-6-13-29)19-30(20-25)17-21-9-10-23-7-3-4-8-24(23)15-21/h3-4,7-10,15,22,25H,5-6,11-14,16-20H2,1-2H3,(H,27,31)/t22-,25-/m1/s1. The number of rotatable bonds is 8. The maximum Gasteiger partial charge on any atom is 0.224 e. The molecular formula is C26H38N4O. The van der Waals surface area contributed by atoms with E-state index >= 15 is 0 Å². The second-order valence-electron chi connectivity index (χ2n) is 9.78. The number of piperidine rings is 1. The maximum atomic E-state index is 13.0. The lowest BCUT2D eigenvalue weighted by molar-refractivity contribution is -0.127. The van der Waals surface area contributed by atoms with Gasteiger partial charge in [0, 0.05) is 39.3 Å². The van der Waals surface area contributed by atoms with Crippen molar-refractivity contribution in [2.45, 2.75) is 25.8 Å². The number of carbonyl (C=O) groups is 1. The molecule has 4 rings (SSSR count). The fourth-order valence-corrected chi connectivity index (χ4v) is 5.23. The van der Waals surface area contributed by atoms with E-state index in [4.69, 9.17) is 0 Å². The summed E-state index contributed by atoms with van der Waals surface area (Å²) in [4.78, 5) is 20.2. The summed E-state index contributed by atoms with van der Waals surface area (Å²) in [6, 6.07) is 15.3. The number of nitrogens with zero attached hydrogens (tertiary/aromatic N) is 3. The van der Waals surface area contributed by atoms with Crippen LogP contribution in [0.25, 0.3) is 10.8 Å². The zero-order chi connectivity index (χ0) is 21.6. The molecule has 0 radical (unpaired) electrons. The zero-order valence-electron chi connectivity index (χ0n) is 19.2. The Bertz CT molecular complexity index is 861. The number of hydrogen-bond acceptors (Lipinski definition) is 4. The van der Waals surface area contributed by atoms with E-state index in [1.165, 1.54) is 42.3 Å². The van der Waals surface area contributed by atoms with E-state index < -0.39 is 0 Å². The fourth-order valence-electron chi connectivity index (χ4n) is 5.23. The van der Waals surface area contributed by atoms with Gasteiger partial charge in [0.05, 0.1) is 5.92 Å². The molecule has 2 aliphatic heterocycles. The summed E-state index contributed by atoms with van der Waals surface area (Å²) in [7, 11) is 4.09. The SMILES string of the molecule is CN(C)CCNC(=O)[C@@H]1C[C@H](CN2CCCC2)CN(Cc2ccc3ccccc3c2)C1. The molecule has 1 amide bonds. The quantitative estimate of drug-likeness (QED) is 0.710. The van der Waals surface area contributed by atoms with Crippen LogP contribution in [0.15, 0.2) is 42.5 Å². The van der Waals surface area contributed by atoms with Gasteiger partial charge in [-0.3, -0.25) is 9.69 Å². The first-order valence-corrected chi connectivity index (χ1v) is 11.9. The minimum atomic E-state index is 0.0870. The van der Waals surface area contributed by atoms with Crippen LogP contribution in [-0.4, -0.2) is 80.5 Å². The van der Waals surface area contributed by atoms with Crippen molar-refractivity contribution in [3.8, 4) is 0 Å². The Morgan fingerprint density at radius 2 is 1.81 bits per heavy atom. The van der Waals surface area contributed by atoms with Gasteiger partial charge in [0.25, 0.3) is 0 Å². The first-order valence-electron chi connectivity index (χ1n) is 11.9. The molecule has 5 nitrogen and oxygen atoms in total. The average Bonchev–Trinajstić information content (AvgIpc) is 3.26. The third kappa shape index (κ3) is 6.28. The lowest BCUT2D eigenvalue weighted by Crippen LogP contribution is -2.49. The molecule has 168 valence electrons. The number of fused-ring (bicyclic) bond motifs is 1. The molecule has 0 aliphatic carbocycles. The predicted molar refractivity (Wildman–Crippen MR) is 128 cm³/mol. The van der Waals surface area contributed by atoms with Gasteiger partial charge in [0.1, 0.15) is 0 Å². The molecule has 0 spiro atoms. The fraction of sp³-hybridized carbons (Fsp3) is 0.577. The lowest BCUT2D eigenvalue weighted by atomic mass is 9.87. The molecule has 2 aliphatic rings. The van der Waals surface area contributed by atoms with Crippen LogP contribution in [0.1, 0.15) is 24.8 Å². The molecule has 2 heterocycles. The average molecular weight is 423 g/mol. The van der Waals surface area contributed by atoms with Crippen molar-refractivity contribution in [2.75, 3.05) is 59.9 Å². The molecule has 0 saturated carbocycles. The van der Waals surface area contributed by atoms with Crippen molar-refractivity contribution in [1.82, 2.24) is 20.0 Å². The number of amides is 1. The minimum Gasteiger partial charge on any atom is -0.355 e. The third-order valence-corrected chi connectivity index (χ3v) is 6.78. The Hall–Kier alpha value is -1.95. The van der Waals surface area contributed by atoms with Crippen molar-refractivity contribution < 1.29 is 4.79 Å². The van der Waals surface area contributed by atoms with Gasteiger partial charge in [-0.25, -0.2) is 0 Å². The van der Waals surface area contributed by atoms with E-state index in [2.05, 4.69) is 62.5 Å². The highest BCUT2D eigenvalue weighted by atomic mass is 16.1. The Labute approximate surface area is 187 Å². The highest BCUT2D eigenvalue weighted by molar-refractivity contribution is 5.83. The Kier molecular flexibility index (Phi) is 7.59. The predicted octanol–water partition coefficient (Wildman–Crippen LogP) is 3.05. The van der Waals surface area contributed by atoms with Gasteiger partial charge in [0.15, 0.2) is 0 Å². The molecule has 0 unspecified atom stereocenters. The van der Waals surface area contributed by atoms with E-state index in [9.17, 15) is 4.79 Å². The number of likely N-dealkylation sites (tertiary alicyclic amines) is 2. The highest BCUT2D eigenvalue weighted by Crippen LogP contribution is 2.26. The number of carbonyl (C=O) groups excluding carboxylic acids is 1. The molecule has 2 atom stereocenters. The molecule has 2 saturated heterocycles. The summed E-state index contributed by atoms with van der Waals surface area (Å²) < 4.78 is 0. The van der Waals surface area contributed by atoms with Gasteiger partial charge in [-0.15, -0.1) is 0 Å². The van der Waals surface area contributed by atoms with Crippen molar-refractivity contribution in [2.24, 2.45) is 11.8 Å². The number of benzene rings is 2. The second kappa shape index (κ2) is 10.6. The van der Waals surface area contributed by atoms with Crippen LogP contribution >= 0.6 is 0 Å². The highest BCUT2D eigenvalue weighted by Gasteiger charge is 2.32. The van der Waals surface area contributed by atoms with Crippen LogP contribution < -0.4 is 5.32 Å². The molecule has 2 aromatic carbocycles. The van der Waals surface area contributed by atoms with Crippen molar-refractivity contribution in [1.29, 1.82) is 0 Å². The van der Waals surface area contributed by atoms with Crippen LogP contribution in [0.5, 0.6) is 0 Å². The smallest absolute Gasteiger partial charge is 0.224 e. The summed E-state index contributed by atoms with van der Waals surface area (Å²) in [5, 5.41) is 5.77. The molecule has 2 fully saturated rings. The zero-order valence-corrected chi connectivity index (χ0v) is 19.2. The monoisotopic (exact) mass is 422 g/mol. The summed E-state index contributed by atoms with van der Waals surface area (Å²) >= 11 is 0. The van der Waals surface area contributed by atoms with Gasteiger partial charge >= 0.3 is 0 Å². The summed E-state index contributed by atoms with van der Waals surface area (Å²) in [5.74, 6) is 0.886. The Morgan fingerprint density at radius 3 is 2.58 bits per heavy atom. The van der Waals surface area contributed by atoms with Crippen LogP contribution in [0.2, 0.25) is 0 Å². The molecule has 31 heavy (non-hydrogen) atoms. The molecular weight excluding hydrogens is 384 g/mol. The van der Waals surface area contributed by atoms with Gasteiger partial charge in [-0.1, -0.05) is 36.4 Å². The van der Waals surface area contributed by atoms with Crippen molar-refractivity contribution in [3.05, 3.63) is 48.0 Å². The lowest BCUT2D eigenvalue weighted by Gasteiger charge is -2.38. The third-order valence-electron chi connectivity index (χ3n) is 6.78. The summed E-state index contributed by atoms with van der Waals surface area (Å²) in [5.41, 5.74) is 1.34. The van der Waals surface area contributed by atoms with Crippen LogP contribution in [0, 0.1) is 11.8 Å². The van der Waals surface area contributed by atoms with Crippen molar-refractivity contribution in [3.63, 3.8) is 0 Å². The van der Waals surface area contributed by atoms with E-state index in [0.717, 1.165) is 45.7 Å². The molecule has 1 N–H and O–H groups in total. The molecule has 2 aromatic rings. The van der Waals surface area contributed by atoms with Crippen LogP contribution in [-0.2, 0) is 11.3 Å². The summed E-state index contributed by atoms with van der Waals surface area (Å²) in [6.45, 7) is 8.06. The molecule has 0 bridgehead atoms. The molecule has 5 heteroatoms. The largest absolute Gasteiger partial charge is 0.355 e. The Morgan fingerprint density at radius 1 is 1.03 bits per heavy atom. The topological polar surface area (TPSA) is 38.8 Å². The van der Waals surface area contributed by atoms with Gasteiger partial charge in [-0.05, 0) is 74.8 Å². The van der Waals surface area contributed by atoms with E-state index in [0.29, 0.717) is 5.92 Å². The maximum absolute atomic E-state index is 13.0. The first-order chi connectivity index (χ1) is 15.1. The number of hydrogen-bond donors (Lipinski definition) is 1. The number of likely N-dealkylation sites (N-methyl/N-ethyl adjacent to an activating group) is 1. The molecule has 0 aromatic heterocycles. The second-order valence-corrected chi connectivity index (χ2v) is 9.78. The van der Waals surface area contributed by atoms with E-state index in [1.807, 2.05) is 14.1 Å². The summed E-state index contributed by atoms with van der Waals surface area (Å²) in [6.07, 6.45) is 3.66. The normalized spacial score (nSPS) is 22.9. The van der Waals surface area contributed by atoms with Gasteiger partial charge in [-0.2, -0.15) is 0 Å². The van der Waals surface area contributed by atoms with Crippen LogP contribution in [0.4, 0.5) is 0 Å². The van der Waals surface area contributed by atoms with Gasteiger partial charge < -0.3 is 15.1 Å². The first kappa shape index (κ1) is 22.3. The van der Waals surface area contributed by atoms with E-state index in [-0.39, 0.29) is 11.8 Å². The van der Waals surface area contributed by atoms with Crippen LogP contribution in [0.3, 0.4) is 0 Å². The Balaban J connectivity index is 1.43. The minimum absolute atomic E-state index is 0.0870.